The standard InChI is InChI=1S/C23H20N6O3S/c1-31-17-6-4-15(5-7-17)18-13-19(20-3-2-12-32-20)29(28-18)21(30)14-33-23-25-22(26-27-23)16-8-10-24-11-9-16/h2-12,19H,13-14H2,1H3,(H,25,26,27). The molecule has 0 saturated heterocycles. The summed E-state index contributed by atoms with van der Waals surface area (Å²) in [6, 6.07) is 14.7. The van der Waals surface area contributed by atoms with E-state index < -0.39 is 0 Å². The molecule has 4 heterocycles. The van der Waals surface area contributed by atoms with Crippen LogP contribution in [0.2, 0.25) is 0 Å². The van der Waals surface area contributed by atoms with Crippen molar-refractivity contribution in [1.29, 1.82) is 0 Å². The summed E-state index contributed by atoms with van der Waals surface area (Å²) in [5.74, 6) is 2.08. The number of thioether (sulfide) groups is 1. The maximum absolute atomic E-state index is 13.1. The second-order valence-electron chi connectivity index (χ2n) is 7.24. The lowest BCUT2D eigenvalue weighted by atomic mass is 10.0. The van der Waals surface area contributed by atoms with E-state index in [4.69, 9.17) is 9.15 Å². The van der Waals surface area contributed by atoms with E-state index in [1.54, 1.807) is 25.8 Å². The van der Waals surface area contributed by atoms with Gasteiger partial charge in [-0.3, -0.25) is 14.9 Å². The van der Waals surface area contributed by atoms with Crippen LogP contribution >= 0.6 is 11.8 Å². The van der Waals surface area contributed by atoms with Gasteiger partial charge in [0, 0.05) is 24.4 Å². The van der Waals surface area contributed by atoms with Crippen molar-refractivity contribution >= 4 is 23.4 Å². The van der Waals surface area contributed by atoms with Gasteiger partial charge in [0.05, 0.1) is 24.8 Å². The van der Waals surface area contributed by atoms with Crippen LogP contribution in [0, 0.1) is 0 Å². The number of H-pyrrole nitrogens is 1. The van der Waals surface area contributed by atoms with Crippen molar-refractivity contribution in [1.82, 2.24) is 25.2 Å². The maximum Gasteiger partial charge on any atom is 0.253 e. The number of hydrogen-bond acceptors (Lipinski definition) is 8. The lowest BCUT2D eigenvalue weighted by Gasteiger charge is -2.19. The highest BCUT2D eigenvalue weighted by Crippen LogP contribution is 2.34. The fourth-order valence-electron chi connectivity index (χ4n) is 3.54. The van der Waals surface area contributed by atoms with Gasteiger partial charge >= 0.3 is 0 Å². The molecule has 5 rings (SSSR count). The predicted octanol–water partition coefficient (Wildman–Crippen LogP) is 3.94. The molecule has 3 aromatic heterocycles. The fraction of sp³-hybridized carbons (Fsp3) is 0.174. The van der Waals surface area contributed by atoms with Crippen molar-refractivity contribution in [3.05, 3.63) is 78.5 Å². The molecule has 0 fully saturated rings. The molecule has 0 radical (unpaired) electrons. The zero-order valence-corrected chi connectivity index (χ0v) is 18.5. The van der Waals surface area contributed by atoms with E-state index in [0.29, 0.717) is 23.2 Å². The van der Waals surface area contributed by atoms with Crippen LogP contribution in [-0.4, -0.2) is 49.7 Å². The van der Waals surface area contributed by atoms with Gasteiger partial charge in [-0.2, -0.15) is 5.10 Å². The molecule has 1 unspecified atom stereocenters. The van der Waals surface area contributed by atoms with Crippen molar-refractivity contribution in [2.45, 2.75) is 17.6 Å². The molecular formula is C23H20N6O3S. The number of ether oxygens (including phenoxy) is 1. The van der Waals surface area contributed by atoms with Crippen molar-refractivity contribution < 1.29 is 13.9 Å². The zero-order valence-electron chi connectivity index (χ0n) is 17.7. The van der Waals surface area contributed by atoms with Gasteiger partial charge in [0.2, 0.25) is 5.16 Å². The molecule has 10 heteroatoms. The second-order valence-corrected chi connectivity index (χ2v) is 8.18. The number of aromatic nitrogens is 4. The van der Waals surface area contributed by atoms with Crippen LogP contribution in [0.4, 0.5) is 0 Å². The van der Waals surface area contributed by atoms with E-state index in [1.807, 2.05) is 48.5 Å². The van der Waals surface area contributed by atoms with Gasteiger partial charge in [0.1, 0.15) is 17.6 Å². The molecule has 1 aromatic carbocycles. The molecule has 33 heavy (non-hydrogen) atoms. The minimum atomic E-state index is -0.301. The van der Waals surface area contributed by atoms with Crippen molar-refractivity contribution in [3.63, 3.8) is 0 Å². The number of hydrogen-bond donors (Lipinski definition) is 1. The SMILES string of the molecule is COc1ccc(C2=NN(C(=O)CSc3n[nH]c(-c4ccncc4)n3)C(c3ccco3)C2)cc1. The summed E-state index contributed by atoms with van der Waals surface area (Å²) in [6.07, 6.45) is 5.54. The topological polar surface area (TPSA) is 110 Å². The Bertz CT molecular complexity index is 1260. The first-order valence-corrected chi connectivity index (χ1v) is 11.2. The number of hydrazone groups is 1. The number of carbonyl (C=O) groups is 1. The van der Waals surface area contributed by atoms with E-state index in [9.17, 15) is 4.79 Å². The Morgan fingerprint density at radius 3 is 2.73 bits per heavy atom. The van der Waals surface area contributed by atoms with E-state index in [-0.39, 0.29) is 17.7 Å². The van der Waals surface area contributed by atoms with Gasteiger partial charge in [0.25, 0.3) is 5.91 Å². The van der Waals surface area contributed by atoms with Gasteiger partial charge in [-0.05, 0) is 54.1 Å². The Balaban J connectivity index is 1.32. The third-order valence-corrected chi connectivity index (χ3v) is 6.04. The number of furan rings is 1. The quantitative estimate of drug-likeness (QED) is 0.416. The summed E-state index contributed by atoms with van der Waals surface area (Å²) in [7, 11) is 1.63. The van der Waals surface area contributed by atoms with Gasteiger partial charge in [0.15, 0.2) is 5.82 Å². The molecule has 1 N–H and O–H groups in total. The first-order valence-electron chi connectivity index (χ1n) is 10.2. The van der Waals surface area contributed by atoms with Gasteiger partial charge in [-0.1, -0.05) is 11.8 Å². The summed E-state index contributed by atoms with van der Waals surface area (Å²) in [6.45, 7) is 0. The average molecular weight is 461 g/mol. The van der Waals surface area contributed by atoms with Gasteiger partial charge < -0.3 is 9.15 Å². The molecule has 0 saturated carbocycles. The smallest absolute Gasteiger partial charge is 0.253 e. The summed E-state index contributed by atoms with van der Waals surface area (Å²) >= 11 is 1.26. The maximum atomic E-state index is 13.1. The number of amides is 1. The number of nitrogens with zero attached hydrogens (tertiary/aromatic N) is 5. The number of rotatable bonds is 7. The molecule has 9 nitrogen and oxygen atoms in total. The molecule has 1 aliphatic heterocycles. The fourth-order valence-corrected chi connectivity index (χ4v) is 4.19. The number of nitrogens with one attached hydrogen (secondary N) is 1. The summed E-state index contributed by atoms with van der Waals surface area (Å²) in [4.78, 5) is 21.6. The van der Waals surface area contributed by atoms with Crippen LogP contribution in [0.15, 0.2) is 81.9 Å². The van der Waals surface area contributed by atoms with Crippen LogP contribution in [0.5, 0.6) is 5.75 Å². The second kappa shape index (κ2) is 9.29. The monoisotopic (exact) mass is 460 g/mol. The van der Waals surface area contributed by atoms with Crippen LogP contribution in [-0.2, 0) is 4.79 Å². The molecule has 1 amide bonds. The summed E-state index contributed by atoms with van der Waals surface area (Å²) in [5.41, 5.74) is 2.63. The Kier molecular flexibility index (Phi) is 5.90. The minimum Gasteiger partial charge on any atom is -0.497 e. The van der Waals surface area contributed by atoms with Gasteiger partial charge in [-0.25, -0.2) is 9.99 Å². The van der Waals surface area contributed by atoms with E-state index >= 15 is 0 Å². The molecule has 166 valence electrons. The normalized spacial score (nSPS) is 15.5. The van der Waals surface area contributed by atoms with Crippen LogP contribution in [0.3, 0.4) is 0 Å². The highest BCUT2D eigenvalue weighted by molar-refractivity contribution is 7.99. The third-order valence-electron chi connectivity index (χ3n) is 5.20. The summed E-state index contributed by atoms with van der Waals surface area (Å²) < 4.78 is 10.8. The first kappa shape index (κ1) is 21.0. The third kappa shape index (κ3) is 4.51. The molecule has 1 aliphatic rings. The first-order chi connectivity index (χ1) is 16.2. The highest BCUT2D eigenvalue weighted by atomic mass is 32.2. The van der Waals surface area contributed by atoms with Gasteiger partial charge in [-0.15, -0.1) is 5.10 Å². The predicted molar refractivity (Wildman–Crippen MR) is 123 cm³/mol. The molecule has 0 bridgehead atoms. The molecule has 4 aromatic rings. The van der Waals surface area contributed by atoms with Crippen LogP contribution in [0.1, 0.15) is 23.8 Å². The Labute approximate surface area is 193 Å². The van der Waals surface area contributed by atoms with Crippen LogP contribution < -0.4 is 4.74 Å². The Hall–Kier alpha value is -3.92. The lowest BCUT2D eigenvalue weighted by molar-refractivity contribution is -0.130. The summed E-state index contributed by atoms with van der Waals surface area (Å²) in [5, 5.41) is 13.7. The molecular weight excluding hydrogens is 440 g/mol. The van der Waals surface area contributed by atoms with Crippen molar-refractivity contribution in [2.24, 2.45) is 5.10 Å². The molecule has 1 atom stereocenters. The molecule has 0 spiro atoms. The Morgan fingerprint density at radius 2 is 2.00 bits per heavy atom. The zero-order chi connectivity index (χ0) is 22.6. The van der Waals surface area contributed by atoms with Crippen molar-refractivity contribution in [3.8, 4) is 17.1 Å². The van der Waals surface area contributed by atoms with E-state index in [0.717, 1.165) is 22.6 Å². The van der Waals surface area contributed by atoms with Crippen molar-refractivity contribution in [2.75, 3.05) is 12.9 Å². The number of carbonyl (C=O) groups excluding carboxylic acids is 1. The number of methoxy groups -OCH3 is 1. The Morgan fingerprint density at radius 1 is 1.18 bits per heavy atom. The largest absolute Gasteiger partial charge is 0.497 e. The average Bonchev–Trinajstić information content (AvgIpc) is 3.64. The number of aromatic amines is 1. The molecule has 0 aliphatic carbocycles. The number of pyridine rings is 1. The minimum absolute atomic E-state index is 0.143. The van der Waals surface area contributed by atoms with E-state index in [2.05, 4.69) is 25.3 Å². The number of benzene rings is 1. The van der Waals surface area contributed by atoms with Crippen LogP contribution in [0.25, 0.3) is 11.4 Å². The lowest BCUT2D eigenvalue weighted by Crippen LogP contribution is -2.28. The van der Waals surface area contributed by atoms with E-state index in [1.165, 1.54) is 16.8 Å². The highest BCUT2D eigenvalue weighted by Gasteiger charge is 2.34.